The van der Waals surface area contributed by atoms with Gasteiger partial charge in [0.05, 0.1) is 25.6 Å². The first kappa shape index (κ1) is 20.3. The molecule has 0 bridgehead atoms. The first-order valence-electron chi connectivity index (χ1n) is 9.95. The van der Waals surface area contributed by atoms with Crippen molar-refractivity contribution in [3.8, 4) is 23.0 Å². The van der Waals surface area contributed by atoms with E-state index in [0.717, 1.165) is 16.7 Å². The summed E-state index contributed by atoms with van der Waals surface area (Å²) in [5.41, 5.74) is 3.50. The van der Waals surface area contributed by atoms with Crippen LogP contribution in [0.25, 0.3) is 17.0 Å². The van der Waals surface area contributed by atoms with Gasteiger partial charge in [0.15, 0.2) is 11.5 Å². The molecule has 0 saturated heterocycles. The number of hydrogen-bond donors (Lipinski definition) is 1. The summed E-state index contributed by atoms with van der Waals surface area (Å²) in [6.45, 7) is 2.68. The maximum absolute atomic E-state index is 12.1. The zero-order valence-corrected chi connectivity index (χ0v) is 17.4. The topological polar surface area (TPSA) is 90.6 Å². The Kier molecular flexibility index (Phi) is 6.07. The van der Waals surface area contributed by atoms with Crippen molar-refractivity contribution < 1.29 is 14.3 Å². The molecule has 2 heterocycles. The molecule has 0 spiro atoms. The summed E-state index contributed by atoms with van der Waals surface area (Å²) in [7, 11) is 1.61. The number of para-hydroxylation sites is 1. The van der Waals surface area contributed by atoms with Gasteiger partial charge in [0, 0.05) is 6.07 Å². The molecule has 0 aliphatic carbocycles. The van der Waals surface area contributed by atoms with E-state index in [4.69, 9.17) is 9.47 Å². The van der Waals surface area contributed by atoms with Gasteiger partial charge in [-0.05, 0) is 30.7 Å². The zero-order chi connectivity index (χ0) is 21.6. The van der Waals surface area contributed by atoms with Gasteiger partial charge in [0.2, 0.25) is 11.8 Å². The number of aromatic nitrogens is 4. The Morgan fingerprint density at radius 2 is 1.94 bits per heavy atom. The highest BCUT2D eigenvalue weighted by Gasteiger charge is 2.14. The minimum Gasteiger partial charge on any atom is -0.496 e. The van der Waals surface area contributed by atoms with E-state index in [1.54, 1.807) is 23.8 Å². The van der Waals surface area contributed by atoms with Gasteiger partial charge in [-0.3, -0.25) is 4.79 Å². The van der Waals surface area contributed by atoms with Crippen LogP contribution in [0.1, 0.15) is 11.1 Å². The van der Waals surface area contributed by atoms with Crippen molar-refractivity contribution in [2.75, 3.05) is 20.3 Å². The Morgan fingerprint density at radius 1 is 1.06 bits per heavy atom. The van der Waals surface area contributed by atoms with E-state index in [9.17, 15) is 4.79 Å². The van der Waals surface area contributed by atoms with E-state index in [0.29, 0.717) is 42.7 Å². The number of benzene rings is 2. The summed E-state index contributed by atoms with van der Waals surface area (Å²) in [5, 5.41) is 15.7. The standard InChI is InChI=1S/C23H23N5O3/c1-16-6-5-7-17(14-16)15-21(29)24-12-13-31-22-11-10-20-25-26-23(28(20)27-22)18-8-3-4-9-19(18)30-2/h3-11,14H,12-13,15H2,1-2H3,(H,24,29). The van der Waals surface area contributed by atoms with Crippen LogP contribution >= 0.6 is 0 Å². The number of hydrogen-bond acceptors (Lipinski definition) is 6. The Hall–Kier alpha value is -3.94. The Labute approximate surface area is 179 Å². The predicted molar refractivity (Wildman–Crippen MR) is 116 cm³/mol. The van der Waals surface area contributed by atoms with Crippen LogP contribution in [0.3, 0.4) is 0 Å². The molecule has 8 heteroatoms. The number of ether oxygens (including phenoxy) is 2. The van der Waals surface area contributed by atoms with E-state index in [2.05, 4.69) is 20.6 Å². The van der Waals surface area contributed by atoms with Crippen LogP contribution in [-0.4, -0.2) is 46.0 Å². The first-order chi connectivity index (χ1) is 15.1. The Bertz CT molecular complexity index is 1200. The summed E-state index contributed by atoms with van der Waals surface area (Å²) < 4.78 is 12.8. The highest BCUT2D eigenvalue weighted by atomic mass is 16.5. The molecule has 0 unspecified atom stereocenters. The Morgan fingerprint density at radius 3 is 2.77 bits per heavy atom. The smallest absolute Gasteiger partial charge is 0.231 e. The second-order valence-corrected chi connectivity index (χ2v) is 7.03. The molecule has 31 heavy (non-hydrogen) atoms. The molecule has 1 amide bonds. The largest absolute Gasteiger partial charge is 0.496 e. The second-order valence-electron chi connectivity index (χ2n) is 7.03. The van der Waals surface area contributed by atoms with E-state index < -0.39 is 0 Å². The normalized spacial score (nSPS) is 10.8. The fraction of sp³-hybridized carbons (Fsp3) is 0.217. The minimum absolute atomic E-state index is 0.0464. The fourth-order valence-electron chi connectivity index (χ4n) is 3.26. The number of nitrogens with one attached hydrogen (secondary N) is 1. The fourth-order valence-corrected chi connectivity index (χ4v) is 3.26. The first-order valence-corrected chi connectivity index (χ1v) is 9.95. The van der Waals surface area contributed by atoms with E-state index >= 15 is 0 Å². The number of fused-ring (bicyclic) bond motifs is 1. The van der Waals surface area contributed by atoms with Crippen LogP contribution in [0.4, 0.5) is 0 Å². The van der Waals surface area contributed by atoms with Crippen molar-refractivity contribution in [3.05, 3.63) is 71.8 Å². The van der Waals surface area contributed by atoms with Crippen molar-refractivity contribution in [1.29, 1.82) is 0 Å². The average molecular weight is 417 g/mol. The van der Waals surface area contributed by atoms with Crippen molar-refractivity contribution in [2.24, 2.45) is 0 Å². The summed E-state index contributed by atoms with van der Waals surface area (Å²) in [6.07, 6.45) is 0.342. The van der Waals surface area contributed by atoms with Gasteiger partial charge < -0.3 is 14.8 Å². The number of nitrogens with zero attached hydrogens (tertiary/aromatic N) is 4. The third-order valence-electron chi connectivity index (χ3n) is 4.71. The lowest BCUT2D eigenvalue weighted by atomic mass is 10.1. The van der Waals surface area contributed by atoms with Crippen LogP contribution < -0.4 is 14.8 Å². The second kappa shape index (κ2) is 9.25. The minimum atomic E-state index is -0.0464. The molecule has 0 atom stereocenters. The van der Waals surface area contributed by atoms with Crippen LogP contribution in [0.15, 0.2) is 60.7 Å². The highest BCUT2D eigenvalue weighted by Crippen LogP contribution is 2.28. The lowest BCUT2D eigenvalue weighted by Crippen LogP contribution is -2.29. The molecule has 4 rings (SSSR count). The molecular weight excluding hydrogens is 394 g/mol. The number of methoxy groups -OCH3 is 1. The SMILES string of the molecule is COc1ccccc1-c1nnc2ccc(OCCNC(=O)Cc3cccc(C)c3)nn12. The molecule has 2 aromatic heterocycles. The molecule has 2 aromatic carbocycles. The molecule has 0 radical (unpaired) electrons. The summed E-state index contributed by atoms with van der Waals surface area (Å²) in [6, 6.07) is 19.0. The molecule has 158 valence electrons. The highest BCUT2D eigenvalue weighted by molar-refractivity contribution is 5.78. The van der Waals surface area contributed by atoms with Crippen molar-refractivity contribution in [2.45, 2.75) is 13.3 Å². The third-order valence-corrected chi connectivity index (χ3v) is 4.71. The van der Waals surface area contributed by atoms with E-state index in [-0.39, 0.29) is 5.91 Å². The zero-order valence-electron chi connectivity index (χ0n) is 17.4. The summed E-state index contributed by atoms with van der Waals surface area (Å²) in [4.78, 5) is 12.1. The van der Waals surface area contributed by atoms with Gasteiger partial charge in [-0.1, -0.05) is 42.0 Å². The summed E-state index contributed by atoms with van der Waals surface area (Å²) >= 11 is 0. The van der Waals surface area contributed by atoms with Crippen LogP contribution in [0.5, 0.6) is 11.6 Å². The molecule has 0 aliphatic rings. The summed E-state index contributed by atoms with van der Waals surface area (Å²) in [5.74, 6) is 1.61. The van der Waals surface area contributed by atoms with E-state index in [1.165, 1.54) is 0 Å². The number of aryl methyl sites for hydroxylation is 1. The van der Waals surface area contributed by atoms with Gasteiger partial charge in [0.1, 0.15) is 12.4 Å². The average Bonchev–Trinajstić information content (AvgIpc) is 3.20. The van der Waals surface area contributed by atoms with Gasteiger partial charge in [0.25, 0.3) is 0 Å². The number of rotatable bonds is 8. The van der Waals surface area contributed by atoms with Crippen LogP contribution in [-0.2, 0) is 11.2 Å². The van der Waals surface area contributed by atoms with Crippen molar-refractivity contribution in [1.82, 2.24) is 25.1 Å². The lowest BCUT2D eigenvalue weighted by molar-refractivity contribution is -0.120. The Balaban J connectivity index is 1.37. The third kappa shape index (κ3) is 4.80. The van der Waals surface area contributed by atoms with Crippen LogP contribution in [0, 0.1) is 6.92 Å². The number of carbonyl (C=O) groups excluding carboxylic acids is 1. The van der Waals surface area contributed by atoms with Gasteiger partial charge in [-0.2, -0.15) is 4.52 Å². The van der Waals surface area contributed by atoms with Crippen molar-refractivity contribution in [3.63, 3.8) is 0 Å². The number of carbonyl (C=O) groups is 1. The maximum Gasteiger partial charge on any atom is 0.231 e. The molecular formula is C23H23N5O3. The molecule has 8 nitrogen and oxygen atoms in total. The van der Waals surface area contributed by atoms with Crippen molar-refractivity contribution >= 4 is 11.6 Å². The monoisotopic (exact) mass is 417 g/mol. The molecule has 4 aromatic rings. The molecule has 1 N–H and O–H groups in total. The number of amides is 1. The lowest BCUT2D eigenvalue weighted by Gasteiger charge is -2.09. The van der Waals surface area contributed by atoms with Gasteiger partial charge in [-0.15, -0.1) is 15.3 Å². The van der Waals surface area contributed by atoms with E-state index in [1.807, 2.05) is 55.5 Å². The van der Waals surface area contributed by atoms with Crippen LogP contribution in [0.2, 0.25) is 0 Å². The molecule has 0 aliphatic heterocycles. The quantitative estimate of drug-likeness (QED) is 0.444. The maximum atomic E-state index is 12.1. The molecule has 0 saturated carbocycles. The predicted octanol–water partition coefficient (Wildman–Crippen LogP) is 2.85. The molecule has 0 fully saturated rings. The van der Waals surface area contributed by atoms with Gasteiger partial charge in [-0.25, -0.2) is 0 Å². The van der Waals surface area contributed by atoms with Gasteiger partial charge >= 0.3 is 0 Å².